The SMILES string of the molecule is CC(C)[C@H]1CC[C@]2(C)C[C@H](O)[C@@](C)(O)CC[C@]12O. The molecule has 0 radical (unpaired) electrons. The number of aliphatic hydroxyl groups excluding tert-OH is 1. The van der Waals surface area contributed by atoms with E-state index in [4.69, 9.17) is 0 Å². The molecule has 5 atom stereocenters. The highest BCUT2D eigenvalue weighted by Gasteiger charge is 2.60. The predicted octanol–water partition coefficient (Wildman–Crippen LogP) is 2.09. The molecule has 0 saturated heterocycles. The van der Waals surface area contributed by atoms with Crippen LogP contribution < -0.4 is 0 Å². The molecule has 0 aromatic carbocycles. The lowest BCUT2D eigenvalue weighted by molar-refractivity contribution is -0.107. The molecule has 0 heterocycles. The van der Waals surface area contributed by atoms with Gasteiger partial charge >= 0.3 is 0 Å². The lowest BCUT2D eigenvalue weighted by Crippen LogP contribution is -2.48. The maximum Gasteiger partial charge on any atom is 0.0878 e. The first-order valence-electron chi connectivity index (χ1n) is 7.25. The highest BCUT2D eigenvalue weighted by molar-refractivity contribution is 5.11. The molecule has 3 nitrogen and oxygen atoms in total. The Balaban J connectivity index is 2.35. The summed E-state index contributed by atoms with van der Waals surface area (Å²) in [5.41, 5.74) is -2.06. The van der Waals surface area contributed by atoms with Gasteiger partial charge in [0.25, 0.3) is 0 Å². The highest BCUT2D eigenvalue weighted by atomic mass is 16.3. The first-order valence-corrected chi connectivity index (χ1v) is 7.25. The van der Waals surface area contributed by atoms with Crippen molar-refractivity contribution in [2.45, 2.75) is 77.1 Å². The smallest absolute Gasteiger partial charge is 0.0878 e. The Morgan fingerprint density at radius 2 is 1.67 bits per heavy atom. The van der Waals surface area contributed by atoms with Crippen LogP contribution in [0.1, 0.15) is 59.8 Å². The Morgan fingerprint density at radius 3 is 2.22 bits per heavy atom. The van der Waals surface area contributed by atoms with E-state index in [1.54, 1.807) is 6.92 Å². The third-order valence-electron chi connectivity index (χ3n) is 5.84. The van der Waals surface area contributed by atoms with Gasteiger partial charge in [-0.2, -0.15) is 0 Å². The summed E-state index contributed by atoms with van der Waals surface area (Å²) in [5, 5.41) is 31.7. The Hall–Kier alpha value is -0.120. The second-order valence-electron chi connectivity index (χ2n) is 7.45. The van der Waals surface area contributed by atoms with Crippen LogP contribution in [0.2, 0.25) is 0 Å². The summed E-state index contributed by atoms with van der Waals surface area (Å²) in [4.78, 5) is 0. The molecule has 2 rings (SSSR count). The third kappa shape index (κ3) is 1.91. The van der Waals surface area contributed by atoms with Gasteiger partial charge < -0.3 is 15.3 Å². The Bertz CT molecular complexity index is 326. The van der Waals surface area contributed by atoms with Crippen LogP contribution in [0.25, 0.3) is 0 Å². The van der Waals surface area contributed by atoms with E-state index in [-0.39, 0.29) is 11.3 Å². The lowest BCUT2D eigenvalue weighted by Gasteiger charge is -2.43. The van der Waals surface area contributed by atoms with E-state index in [1.165, 1.54) is 0 Å². The molecule has 0 amide bonds. The summed E-state index contributed by atoms with van der Waals surface area (Å²) in [6.45, 7) is 8.09. The van der Waals surface area contributed by atoms with Crippen molar-refractivity contribution in [2.75, 3.05) is 0 Å². The normalized spacial score (nSPS) is 53.3. The number of aliphatic hydroxyl groups is 3. The second kappa shape index (κ2) is 4.19. The monoisotopic (exact) mass is 256 g/mol. The summed E-state index contributed by atoms with van der Waals surface area (Å²) >= 11 is 0. The molecule has 3 N–H and O–H groups in total. The highest BCUT2D eigenvalue weighted by Crippen LogP contribution is 2.59. The fourth-order valence-electron chi connectivity index (χ4n) is 4.28. The number of hydrogen-bond acceptors (Lipinski definition) is 3. The molecule has 0 bridgehead atoms. The van der Waals surface area contributed by atoms with E-state index in [2.05, 4.69) is 20.8 Å². The lowest BCUT2D eigenvalue weighted by atomic mass is 9.67. The van der Waals surface area contributed by atoms with Gasteiger partial charge in [0.2, 0.25) is 0 Å². The molecule has 2 aliphatic carbocycles. The maximum atomic E-state index is 11.2. The molecular formula is C15H28O3. The molecule has 0 spiro atoms. The summed E-state index contributed by atoms with van der Waals surface area (Å²) in [5.74, 6) is 0.723. The number of hydrogen-bond donors (Lipinski definition) is 3. The third-order valence-corrected chi connectivity index (χ3v) is 5.84. The first-order chi connectivity index (χ1) is 8.12. The van der Waals surface area contributed by atoms with Gasteiger partial charge in [-0.15, -0.1) is 0 Å². The van der Waals surface area contributed by atoms with E-state index in [1.807, 2.05) is 0 Å². The van der Waals surface area contributed by atoms with Gasteiger partial charge in [-0.25, -0.2) is 0 Å². The van der Waals surface area contributed by atoms with Crippen molar-refractivity contribution in [3.63, 3.8) is 0 Å². The van der Waals surface area contributed by atoms with Crippen LogP contribution in [0.5, 0.6) is 0 Å². The average molecular weight is 256 g/mol. The predicted molar refractivity (Wildman–Crippen MR) is 71.1 cm³/mol. The first kappa shape index (κ1) is 14.3. The molecule has 0 aromatic heterocycles. The van der Waals surface area contributed by atoms with Crippen LogP contribution in [0.3, 0.4) is 0 Å². The van der Waals surface area contributed by atoms with Crippen molar-refractivity contribution in [1.82, 2.24) is 0 Å². The minimum Gasteiger partial charge on any atom is -0.390 e. The largest absolute Gasteiger partial charge is 0.390 e. The molecule has 0 aliphatic heterocycles. The Labute approximate surface area is 110 Å². The van der Waals surface area contributed by atoms with Crippen molar-refractivity contribution in [3.05, 3.63) is 0 Å². The van der Waals surface area contributed by atoms with E-state index in [9.17, 15) is 15.3 Å². The van der Waals surface area contributed by atoms with E-state index in [0.29, 0.717) is 25.2 Å². The van der Waals surface area contributed by atoms with Gasteiger partial charge in [0.1, 0.15) is 0 Å². The standard InChI is InChI=1S/C15H28O3/c1-10(2)11-5-6-13(3)9-12(16)14(4,17)7-8-15(11,13)18/h10-12,16-18H,5-9H2,1-4H3/t11-,12+,13-,14+,15+/m1/s1. The van der Waals surface area contributed by atoms with Gasteiger partial charge in [0.05, 0.1) is 17.3 Å². The van der Waals surface area contributed by atoms with Crippen molar-refractivity contribution in [2.24, 2.45) is 17.3 Å². The van der Waals surface area contributed by atoms with Crippen LogP contribution in [-0.4, -0.2) is 32.6 Å². The van der Waals surface area contributed by atoms with Gasteiger partial charge in [-0.3, -0.25) is 0 Å². The molecule has 3 heteroatoms. The summed E-state index contributed by atoms with van der Waals surface area (Å²) in [6.07, 6.45) is 2.81. The van der Waals surface area contributed by atoms with Crippen molar-refractivity contribution >= 4 is 0 Å². The zero-order valence-electron chi connectivity index (χ0n) is 12.1. The van der Waals surface area contributed by atoms with Gasteiger partial charge in [0, 0.05) is 0 Å². The van der Waals surface area contributed by atoms with Crippen molar-refractivity contribution in [1.29, 1.82) is 0 Å². The molecule has 18 heavy (non-hydrogen) atoms. The summed E-state index contributed by atoms with van der Waals surface area (Å²) in [7, 11) is 0. The molecule has 2 saturated carbocycles. The molecule has 106 valence electrons. The van der Waals surface area contributed by atoms with E-state index in [0.717, 1.165) is 12.8 Å². The number of fused-ring (bicyclic) bond motifs is 1. The minimum atomic E-state index is -1.06. The van der Waals surface area contributed by atoms with E-state index >= 15 is 0 Å². The molecule has 0 aromatic rings. The van der Waals surface area contributed by atoms with Crippen LogP contribution in [0.4, 0.5) is 0 Å². The zero-order chi connectivity index (χ0) is 13.8. The fraction of sp³-hybridized carbons (Fsp3) is 1.00. The summed E-state index contributed by atoms with van der Waals surface area (Å²) < 4.78 is 0. The molecule has 0 unspecified atom stereocenters. The van der Waals surface area contributed by atoms with Gasteiger partial charge in [-0.1, -0.05) is 20.8 Å². The Kier molecular flexibility index (Phi) is 3.33. The van der Waals surface area contributed by atoms with Crippen molar-refractivity contribution in [3.8, 4) is 0 Å². The summed E-state index contributed by atoms with van der Waals surface area (Å²) in [6, 6.07) is 0. The quantitative estimate of drug-likeness (QED) is 0.673. The molecule has 2 aliphatic rings. The van der Waals surface area contributed by atoms with Crippen molar-refractivity contribution < 1.29 is 15.3 Å². The Morgan fingerprint density at radius 1 is 1.06 bits per heavy atom. The second-order valence-corrected chi connectivity index (χ2v) is 7.45. The van der Waals surface area contributed by atoms with Crippen LogP contribution >= 0.6 is 0 Å². The molecule has 2 fully saturated rings. The minimum absolute atomic E-state index is 0.262. The zero-order valence-corrected chi connectivity index (χ0v) is 12.1. The van der Waals surface area contributed by atoms with Crippen LogP contribution in [0, 0.1) is 17.3 Å². The van der Waals surface area contributed by atoms with Gasteiger partial charge in [0.15, 0.2) is 0 Å². The topological polar surface area (TPSA) is 60.7 Å². The number of rotatable bonds is 1. The van der Waals surface area contributed by atoms with Crippen LogP contribution in [0.15, 0.2) is 0 Å². The van der Waals surface area contributed by atoms with E-state index < -0.39 is 17.3 Å². The van der Waals surface area contributed by atoms with Crippen LogP contribution in [-0.2, 0) is 0 Å². The fourth-order valence-corrected chi connectivity index (χ4v) is 4.28. The molecular weight excluding hydrogens is 228 g/mol. The average Bonchev–Trinajstić information content (AvgIpc) is 2.46. The maximum absolute atomic E-state index is 11.2. The van der Waals surface area contributed by atoms with Gasteiger partial charge in [-0.05, 0) is 56.3 Å².